The third kappa shape index (κ3) is 2.07. The van der Waals surface area contributed by atoms with Gasteiger partial charge in [0.1, 0.15) is 5.41 Å². The summed E-state index contributed by atoms with van der Waals surface area (Å²) in [5.74, 6) is -3.37. The van der Waals surface area contributed by atoms with Gasteiger partial charge in [0.2, 0.25) is 5.91 Å². The Morgan fingerprint density at radius 1 is 1.33 bits per heavy atom. The normalized spacial score (nSPS) is 32.6. The first-order valence-corrected chi connectivity index (χ1v) is 7.51. The van der Waals surface area contributed by atoms with Gasteiger partial charge in [-0.1, -0.05) is 29.8 Å². The summed E-state index contributed by atoms with van der Waals surface area (Å²) in [5, 5.41) is 0. The van der Waals surface area contributed by atoms with Gasteiger partial charge in [-0.3, -0.25) is 4.79 Å². The number of fused-ring (bicyclic) bond motifs is 1. The molecule has 2 nitrogen and oxygen atoms in total. The largest absolute Gasteiger partial charge is 0.332 e. The van der Waals surface area contributed by atoms with Crippen LogP contribution in [0.1, 0.15) is 50.3 Å². The molecule has 1 aromatic carbocycles. The second-order valence-electron chi connectivity index (χ2n) is 6.80. The van der Waals surface area contributed by atoms with E-state index in [9.17, 15) is 13.6 Å². The van der Waals surface area contributed by atoms with Crippen LogP contribution in [0.2, 0.25) is 0 Å². The molecule has 3 rings (SSSR count). The molecule has 2 saturated heterocycles. The van der Waals surface area contributed by atoms with Crippen LogP contribution in [0.15, 0.2) is 24.3 Å². The van der Waals surface area contributed by atoms with Crippen LogP contribution in [0.25, 0.3) is 0 Å². The Morgan fingerprint density at radius 2 is 2.05 bits per heavy atom. The van der Waals surface area contributed by atoms with Crippen molar-refractivity contribution in [2.45, 2.75) is 58.0 Å². The highest BCUT2D eigenvalue weighted by atomic mass is 19.3. The van der Waals surface area contributed by atoms with E-state index in [2.05, 4.69) is 6.07 Å². The van der Waals surface area contributed by atoms with Crippen molar-refractivity contribution in [3.8, 4) is 0 Å². The van der Waals surface area contributed by atoms with Crippen LogP contribution in [-0.2, 0) is 4.79 Å². The molecule has 0 spiro atoms. The van der Waals surface area contributed by atoms with E-state index in [1.54, 1.807) is 4.90 Å². The number of benzene rings is 1. The smallest absolute Gasteiger partial charge is 0.259 e. The summed E-state index contributed by atoms with van der Waals surface area (Å²) in [6, 6.07) is 7.93. The van der Waals surface area contributed by atoms with Gasteiger partial charge in [0.25, 0.3) is 5.92 Å². The summed E-state index contributed by atoms with van der Waals surface area (Å²) < 4.78 is 27.8. The lowest BCUT2D eigenvalue weighted by Crippen LogP contribution is -2.44. The fraction of sp³-hybridized carbons (Fsp3) is 0.588. The molecule has 0 N–H and O–H groups in total. The van der Waals surface area contributed by atoms with Gasteiger partial charge >= 0.3 is 0 Å². The van der Waals surface area contributed by atoms with Crippen molar-refractivity contribution < 1.29 is 13.6 Å². The van der Waals surface area contributed by atoms with E-state index >= 15 is 0 Å². The fourth-order valence-electron chi connectivity index (χ4n) is 3.81. The summed E-state index contributed by atoms with van der Waals surface area (Å²) in [6.45, 7) is 4.29. The molecular weight excluding hydrogens is 272 g/mol. The second kappa shape index (κ2) is 4.52. The van der Waals surface area contributed by atoms with E-state index in [0.29, 0.717) is 0 Å². The highest BCUT2D eigenvalue weighted by molar-refractivity contribution is 5.87. The number of amides is 1. The lowest BCUT2D eigenvalue weighted by atomic mass is 9.80. The summed E-state index contributed by atoms with van der Waals surface area (Å²) in [5.41, 5.74) is 0.640. The van der Waals surface area contributed by atoms with E-state index in [-0.39, 0.29) is 24.4 Å². The molecule has 0 radical (unpaired) electrons. The van der Waals surface area contributed by atoms with Crippen molar-refractivity contribution >= 4 is 5.91 Å². The lowest BCUT2D eigenvalue weighted by Gasteiger charge is -2.31. The average molecular weight is 293 g/mol. The van der Waals surface area contributed by atoms with E-state index < -0.39 is 11.3 Å². The number of carbonyl (C=O) groups is 1. The Bertz CT molecular complexity index is 580. The van der Waals surface area contributed by atoms with E-state index in [0.717, 1.165) is 30.9 Å². The molecule has 2 heterocycles. The van der Waals surface area contributed by atoms with E-state index in [4.69, 9.17) is 0 Å². The van der Waals surface area contributed by atoms with Crippen LogP contribution in [0.4, 0.5) is 8.78 Å². The summed E-state index contributed by atoms with van der Waals surface area (Å²) in [6.07, 6.45) is 1.94. The number of carbonyl (C=O) groups excluding carboxylic acids is 1. The van der Waals surface area contributed by atoms with Gasteiger partial charge in [-0.2, -0.15) is 0 Å². The number of rotatable bonds is 2. The Kier molecular flexibility index (Phi) is 3.12. The highest BCUT2D eigenvalue weighted by Gasteiger charge is 2.62. The van der Waals surface area contributed by atoms with Gasteiger partial charge in [0, 0.05) is 13.0 Å². The van der Waals surface area contributed by atoms with E-state index in [1.807, 2.05) is 25.1 Å². The van der Waals surface area contributed by atoms with Crippen LogP contribution in [0.5, 0.6) is 0 Å². The Hall–Kier alpha value is -1.45. The molecule has 0 aliphatic carbocycles. The zero-order valence-corrected chi connectivity index (χ0v) is 12.7. The fourth-order valence-corrected chi connectivity index (χ4v) is 3.81. The van der Waals surface area contributed by atoms with Crippen molar-refractivity contribution in [3.63, 3.8) is 0 Å². The number of alkyl halides is 2. The van der Waals surface area contributed by atoms with E-state index in [1.165, 1.54) is 6.92 Å². The predicted molar refractivity (Wildman–Crippen MR) is 77.1 cm³/mol. The van der Waals surface area contributed by atoms with Crippen LogP contribution >= 0.6 is 0 Å². The average Bonchev–Trinajstić information content (AvgIpc) is 2.89. The third-order valence-corrected chi connectivity index (χ3v) is 5.25. The molecule has 0 bridgehead atoms. The van der Waals surface area contributed by atoms with Crippen LogP contribution in [-0.4, -0.2) is 22.8 Å². The molecule has 114 valence electrons. The summed E-state index contributed by atoms with van der Waals surface area (Å²) >= 11 is 0. The van der Waals surface area contributed by atoms with Crippen LogP contribution in [0.3, 0.4) is 0 Å². The molecule has 2 aliphatic heterocycles. The minimum Gasteiger partial charge on any atom is -0.332 e. The first-order chi connectivity index (χ1) is 9.74. The Labute approximate surface area is 124 Å². The van der Waals surface area contributed by atoms with Gasteiger partial charge < -0.3 is 4.90 Å². The monoisotopic (exact) mass is 293 g/mol. The third-order valence-electron chi connectivity index (χ3n) is 5.25. The quantitative estimate of drug-likeness (QED) is 0.804. The first kappa shape index (κ1) is 14.5. The number of hydrogen-bond donors (Lipinski definition) is 0. The molecule has 4 heteroatoms. The Balaban J connectivity index is 1.95. The maximum Gasteiger partial charge on any atom is 0.259 e. The zero-order chi connectivity index (χ0) is 15.4. The van der Waals surface area contributed by atoms with Crippen molar-refractivity contribution in [3.05, 3.63) is 35.4 Å². The molecule has 0 saturated carbocycles. The lowest BCUT2D eigenvalue weighted by molar-refractivity contribution is -0.156. The zero-order valence-electron chi connectivity index (χ0n) is 12.7. The molecule has 0 aromatic heterocycles. The SMILES string of the molecule is Cc1cccc([C@@H]2CC[C@@H]3C[C@@](C)(C(C)(F)F)C(=O)N32)c1. The number of halogens is 2. The van der Waals surface area contributed by atoms with Crippen molar-refractivity contribution in [2.24, 2.45) is 5.41 Å². The molecular formula is C17H21F2NO. The molecule has 1 aromatic rings. The van der Waals surface area contributed by atoms with Crippen molar-refractivity contribution in [1.82, 2.24) is 4.90 Å². The maximum absolute atomic E-state index is 13.9. The molecule has 3 atom stereocenters. The number of hydrogen-bond acceptors (Lipinski definition) is 1. The predicted octanol–water partition coefficient (Wildman–Crippen LogP) is 4.09. The highest BCUT2D eigenvalue weighted by Crippen LogP contribution is 2.54. The second-order valence-corrected chi connectivity index (χ2v) is 6.80. The summed E-state index contributed by atoms with van der Waals surface area (Å²) in [7, 11) is 0. The topological polar surface area (TPSA) is 20.3 Å². The van der Waals surface area contributed by atoms with Gasteiger partial charge in [0.05, 0.1) is 6.04 Å². The minimum absolute atomic E-state index is 0.0427. The number of nitrogens with zero attached hydrogens (tertiary/aromatic N) is 1. The molecule has 2 aliphatic rings. The van der Waals surface area contributed by atoms with Crippen molar-refractivity contribution in [2.75, 3.05) is 0 Å². The number of aryl methyl sites for hydroxylation is 1. The molecule has 2 fully saturated rings. The minimum atomic E-state index is -2.98. The van der Waals surface area contributed by atoms with Gasteiger partial charge in [0.15, 0.2) is 0 Å². The van der Waals surface area contributed by atoms with Crippen LogP contribution in [0, 0.1) is 12.3 Å². The maximum atomic E-state index is 13.9. The van der Waals surface area contributed by atoms with Gasteiger partial charge in [-0.15, -0.1) is 0 Å². The van der Waals surface area contributed by atoms with Gasteiger partial charge in [-0.25, -0.2) is 8.78 Å². The standard InChI is InChI=1S/C17H21F2NO/c1-11-5-4-6-12(9-11)14-8-7-13-10-16(2,17(3,18)19)15(21)20(13)14/h4-6,9,13-14H,7-8,10H2,1-3H3/t13-,14+,16-/m1/s1. The van der Waals surface area contributed by atoms with Gasteiger partial charge in [-0.05, 0) is 38.7 Å². The Morgan fingerprint density at radius 3 is 2.67 bits per heavy atom. The van der Waals surface area contributed by atoms with Crippen LogP contribution < -0.4 is 0 Å². The first-order valence-electron chi connectivity index (χ1n) is 7.51. The molecule has 0 unspecified atom stereocenters. The van der Waals surface area contributed by atoms with Crippen molar-refractivity contribution in [1.29, 1.82) is 0 Å². The molecule has 1 amide bonds. The molecule has 21 heavy (non-hydrogen) atoms. The summed E-state index contributed by atoms with van der Waals surface area (Å²) in [4.78, 5) is 14.4.